The van der Waals surface area contributed by atoms with E-state index in [1.807, 2.05) is 31.2 Å². The molecule has 83 heavy (non-hydrogen) atoms. The number of cyclic esters (lactones) is 1. The van der Waals surface area contributed by atoms with Crippen molar-refractivity contribution < 1.29 is 57.7 Å². The summed E-state index contributed by atoms with van der Waals surface area (Å²) in [4.78, 5) is 137. The molecule has 0 saturated heterocycles. The number of Topliss-reactive ketones (excluding diaryl/α,β-unsaturated/α-hetero) is 3. The van der Waals surface area contributed by atoms with E-state index >= 15 is 0 Å². The Labute approximate surface area is 477 Å². The number of nitrogens with zero attached hydrogens (tertiary/aromatic N) is 6. The predicted octanol–water partition coefficient (Wildman–Crippen LogP) is 3.84. The van der Waals surface area contributed by atoms with Gasteiger partial charge in [-0.3, -0.25) is 48.1 Å². The van der Waals surface area contributed by atoms with Gasteiger partial charge in [-0.25, -0.2) is 14.5 Å². The fraction of sp³-hybridized carbons (Fsp3) is 0.459. The van der Waals surface area contributed by atoms with Crippen LogP contribution in [0.2, 0.25) is 0 Å². The first-order valence-corrected chi connectivity index (χ1v) is 28.5. The average molecular weight is 1130 g/mol. The Kier molecular flexibility index (Phi) is 17.2. The Morgan fingerprint density at radius 3 is 2.36 bits per heavy atom. The molecule has 0 unspecified atom stereocenters. The Morgan fingerprint density at radius 2 is 1.61 bits per heavy atom. The van der Waals surface area contributed by atoms with E-state index in [2.05, 4.69) is 33.2 Å². The summed E-state index contributed by atoms with van der Waals surface area (Å²) < 4.78 is 13.9. The molecule has 5 aromatic rings. The van der Waals surface area contributed by atoms with Gasteiger partial charge in [0.05, 0.1) is 47.8 Å². The van der Waals surface area contributed by atoms with Crippen molar-refractivity contribution >= 4 is 63.8 Å². The third-order valence-corrected chi connectivity index (χ3v) is 17.1. The number of pyridine rings is 2. The van der Waals surface area contributed by atoms with Crippen molar-refractivity contribution in [3.8, 4) is 11.4 Å². The van der Waals surface area contributed by atoms with Crippen LogP contribution in [0.15, 0.2) is 65.6 Å². The van der Waals surface area contributed by atoms with E-state index in [0.29, 0.717) is 62.2 Å². The first-order chi connectivity index (χ1) is 39.9. The van der Waals surface area contributed by atoms with Crippen molar-refractivity contribution in [1.29, 1.82) is 0 Å². The molecule has 5 amide bonds. The van der Waals surface area contributed by atoms with Crippen molar-refractivity contribution in [2.45, 2.75) is 148 Å². The molecule has 2 aliphatic carbocycles. The summed E-state index contributed by atoms with van der Waals surface area (Å²) in [5.41, 5.74) is 6.19. The van der Waals surface area contributed by atoms with E-state index in [-0.39, 0.29) is 148 Å². The summed E-state index contributed by atoms with van der Waals surface area (Å²) >= 11 is 0. The number of imide groups is 1. The fourth-order valence-corrected chi connectivity index (χ4v) is 12.3. The van der Waals surface area contributed by atoms with Crippen LogP contribution in [-0.2, 0) is 97.3 Å². The Balaban J connectivity index is 0.675. The zero-order valence-corrected chi connectivity index (χ0v) is 46.8. The maximum absolute atomic E-state index is 14.1. The molecule has 5 aliphatic rings. The number of aliphatic hydroxyl groups is 1. The SMILES string of the molecule is CC[C@@]1(O)C(=O)OCc2c1cc1n(c2=O)Cc2c-1nc1cc(C)c(C)c3c1c2[C@@H](CC(=O)COCNC(=O)CCC(=O)[C@H](Cc1ccccc1)NC(=O)CCC(=O)Cn1cc(CNC(=O)C2CCC(CN4C(=O)C=CC4=O)CC2)nn1)CC3. The Hall–Kier alpha value is -8.37. The van der Waals surface area contributed by atoms with Gasteiger partial charge >= 0.3 is 5.97 Å². The zero-order chi connectivity index (χ0) is 58.7. The second kappa shape index (κ2) is 24.6. The second-order valence-electron chi connectivity index (χ2n) is 22.5. The summed E-state index contributed by atoms with van der Waals surface area (Å²) in [6, 6.07) is 11.8. The van der Waals surface area contributed by atoms with Gasteiger partial charge in [-0.15, -0.1) is 5.10 Å². The molecule has 3 aromatic heterocycles. The molecule has 3 aliphatic heterocycles. The smallest absolute Gasteiger partial charge is 0.343 e. The van der Waals surface area contributed by atoms with Crippen LogP contribution >= 0.6 is 0 Å². The summed E-state index contributed by atoms with van der Waals surface area (Å²) in [6.07, 6.45) is 7.62. The van der Waals surface area contributed by atoms with E-state index in [0.717, 1.165) is 44.3 Å². The van der Waals surface area contributed by atoms with Crippen LogP contribution in [0.4, 0.5) is 0 Å². The maximum Gasteiger partial charge on any atom is 0.343 e. The van der Waals surface area contributed by atoms with Gasteiger partial charge in [0.15, 0.2) is 23.0 Å². The number of fused-ring (bicyclic) bond motifs is 5. The normalized spacial score (nSPS) is 19.9. The highest BCUT2D eigenvalue weighted by molar-refractivity contribution is 6.13. The van der Waals surface area contributed by atoms with Crippen molar-refractivity contribution in [1.82, 2.24) is 45.4 Å². The number of benzene rings is 2. The van der Waals surface area contributed by atoms with Crippen molar-refractivity contribution in [2.75, 3.05) is 19.9 Å². The molecule has 0 spiro atoms. The topological polar surface area (TPSA) is 297 Å². The van der Waals surface area contributed by atoms with Crippen LogP contribution in [0.1, 0.15) is 134 Å². The number of hydrogen-bond acceptors (Lipinski definition) is 16. The van der Waals surface area contributed by atoms with Gasteiger partial charge in [-0.1, -0.05) is 42.5 Å². The molecule has 434 valence electrons. The van der Waals surface area contributed by atoms with Crippen molar-refractivity contribution in [2.24, 2.45) is 11.8 Å². The Morgan fingerprint density at radius 1 is 0.867 bits per heavy atom. The molecule has 3 atom stereocenters. The van der Waals surface area contributed by atoms with Gasteiger partial charge in [0.1, 0.15) is 32.2 Å². The maximum atomic E-state index is 14.1. The lowest BCUT2D eigenvalue weighted by Gasteiger charge is -2.31. The number of aromatic nitrogens is 5. The molecule has 2 aromatic carbocycles. The number of aryl methyl sites for hydroxylation is 2. The summed E-state index contributed by atoms with van der Waals surface area (Å²) in [6.45, 7) is 5.39. The van der Waals surface area contributed by atoms with Crippen LogP contribution < -0.4 is 21.5 Å². The van der Waals surface area contributed by atoms with E-state index in [9.17, 15) is 53.1 Å². The molecule has 4 N–H and O–H groups in total. The minimum atomic E-state index is -1.98. The number of ketones is 3. The molecule has 10 rings (SSSR count). The number of ether oxygens (including phenoxy) is 2. The molecule has 0 bridgehead atoms. The van der Waals surface area contributed by atoms with E-state index in [4.69, 9.17) is 14.5 Å². The molecular formula is C61H67N9O13. The minimum absolute atomic E-state index is 0.0129. The van der Waals surface area contributed by atoms with Crippen LogP contribution in [0, 0.1) is 25.7 Å². The number of nitrogens with one attached hydrogen (secondary N) is 3. The minimum Gasteiger partial charge on any atom is -0.458 e. The molecule has 22 heteroatoms. The van der Waals surface area contributed by atoms with E-state index in [1.54, 1.807) is 35.9 Å². The molecule has 1 saturated carbocycles. The lowest BCUT2D eigenvalue weighted by Crippen LogP contribution is -2.44. The van der Waals surface area contributed by atoms with Crippen LogP contribution in [0.5, 0.6) is 0 Å². The highest BCUT2D eigenvalue weighted by Crippen LogP contribution is 2.47. The highest BCUT2D eigenvalue weighted by atomic mass is 16.6. The largest absolute Gasteiger partial charge is 0.458 e. The summed E-state index contributed by atoms with van der Waals surface area (Å²) in [5.74, 6) is -3.82. The average Bonchev–Trinajstić information content (AvgIpc) is 2.54. The van der Waals surface area contributed by atoms with Gasteiger partial charge in [0.25, 0.3) is 17.4 Å². The highest BCUT2D eigenvalue weighted by Gasteiger charge is 2.46. The number of carbonyl (C=O) groups is 9. The lowest BCUT2D eigenvalue weighted by atomic mass is 9.76. The third kappa shape index (κ3) is 12.4. The molecule has 22 nitrogen and oxygen atoms in total. The fourth-order valence-electron chi connectivity index (χ4n) is 12.3. The first kappa shape index (κ1) is 57.8. The van der Waals surface area contributed by atoms with Crippen LogP contribution in [-0.4, -0.2) is 113 Å². The molecule has 1 fully saturated rings. The zero-order valence-electron chi connectivity index (χ0n) is 46.8. The summed E-state index contributed by atoms with van der Waals surface area (Å²) in [7, 11) is 0. The predicted molar refractivity (Wildman–Crippen MR) is 297 cm³/mol. The van der Waals surface area contributed by atoms with Crippen molar-refractivity contribution in [3.05, 3.63) is 121 Å². The van der Waals surface area contributed by atoms with Gasteiger partial charge in [-0.05, 0) is 117 Å². The molecule has 6 heterocycles. The lowest BCUT2D eigenvalue weighted by molar-refractivity contribution is -0.172. The van der Waals surface area contributed by atoms with Gasteiger partial charge in [0.2, 0.25) is 17.7 Å². The first-order valence-electron chi connectivity index (χ1n) is 28.5. The number of carbonyl (C=O) groups excluding carboxylic acids is 9. The summed E-state index contributed by atoms with van der Waals surface area (Å²) in [5, 5.41) is 28.7. The third-order valence-electron chi connectivity index (χ3n) is 17.1. The number of rotatable bonds is 24. The van der Waals surface area contributed by atoms with Crippen LogP contribution in [0.3, 0.4) is 0 Å². The number of esters is 1. The molecule has 0 radical (unpaired) electrons. The number of amides is 5. The second-order valence-corrected chi connectivity index (χ2v) is 22.5. The standard InChI is InChI=1S/C61H67N9O13/c1-4-61(81)46-25-49-57-44(30-69(49)59(79)45(46)32-83-60(61)80)55-39(14-16-43-35(3)34(2)22-48(65-57)56(43)55)24-42(72)31-82-33-63-51(74)19-17-50(73)47(23-36-8-6-5-7-9-36)64-52(75)18-15-41(71)29-68-28-40(66-67-68)26-62-58(78)38-12-10-37(11-13-38)27-70-53(76)20-21-54(70)77/h5-9,20-22,25,28,37-39,47,81H,4,10-19,23-24,26-27,29-33H2,1-3H3,(H,62,78)(H,63,74)(H,64,75)/t37?,38?,39-,47+,61+/m1/s1. The molecular weight excluding hydrogens is 1070 g/mol. The van der Waals surface area contributed by atoms with Gasteiger partial charge in [0, 0.05) is 73.2 Å². The van der Waals surface area contributed by atoms with Gasteiger partial charge in [-0.2, -0.15) is 0 Å². The quantitative estimate of drug-likeness (QED) is 0.0290. The monoisotopic (exact) mass is 1130 g/mol. The Bertz CT molecular complexity index is 3540. The van der Waals surface area contributed by atoms with Crippen LogP contribution in [0.25, 0.3) is 22.3 Å². The number of hydrogen-bond donors (Lipinski definition) is 4. The van der Waals surface area contributed by atoms with E-state index in [1.165, 1.54) is 21.7 Å². The van der Waals surface area contributed by atoms with Crippen molar-refractivity contribution in [3.63, 3.8) is 0 Å². The van der Waals surface area contributed by atoms with Gasteiger partial charge < -0.3 is 35.1 Å². The van der Waals surface area contributed by atoms with E-state index < -0.39 is 35.2 Å².